The van der Waals surface area contributed by atoms with E-state index in [0.29, 0.717) is 6.04 Å². The van der Waals surface area contributed by atoms with E-state index >= 15 is 0 Å². The number of para-hydroxylation sites is 1. The molecule has 1 heterocycles. The predicted molar refractivity (Wildman–Crippen MR) is 144 cm³/mol. The normalized spacial score (nSPS) is 17.7. The number of hydrogen-bond acceptors (Lipinski definition) is 6. The Balaban J connectivity index is 0.00000324. The molecule has 1 saturated carbocycles. The van der Waals surface area contributed by atoms with Gasteiger partial charge in [-0.3, -0.25) is 0 Å². The van der Waals surface area contributed by atoms with Gasteiger partial charge in [0.2, 0.25) is 5.95 Å². The van der Waals surface area contributed by atoms with Crippen molar-refractivity contribution in [1.29, 1.82) is 0 Å². The Kier molecular flexibility index (Phi) is 9.52. The lowest BCUT2D eigenvalue weighted by molar-refractivity contribution is 0.317. The second kappa shape index (κ2) is 12.6. The number of ether oxygens (including phenoxy) is 1. The molecular formula is C28H41N5O. The van der Waals surface area contributed by atoms with E-state index in [9.17, 15) is 0 Å². The summed E-state index contributed by atoms with van der Waals surface area (Å²) in [5.41, 5.74) is 2.29. The van der Waals surface area contributed by atoms with Crippen LogP contribution >= 0.6 is 0 Å². The van der Waals surface area contributed by atoms with Crippen LogP contribution in [0.15, 0.2) is 48.5 Å². The van der Waals surface area contributed by atoms with Crippen LogP contribution in [0.3, 0.4) is 0 Å². The van der Waals surface area contributed by atoms with Crippen LogP contribution in [0.5, 0.6) is 5.75 Å². The second-order valence-electron chi connectivity index (χ2n) is 9.27. The molecule has 2 N–H and O–H groups in total. The fourth-order valence-corrected chi connectivity index (χ4v) is 4.50. The van der Waals surface area contributed by atoms with Gasteiger partial charge in [0.15, 0.2) is 0 Å². The molecule has 1 aliphatic rings. The molecule has 0 bridgehead atoms. The van der Waals surface area contributed by atoms with Crippen molar-refractivity contribution in [2.75, 3.05) is 37.5 Å². The van der Waals surface area contributed by atoms with Crippen molar-refractivity contribution >= 4 is 22.7 Å². The number of rotatable bonds is 10. The van der Waals surface area contributed by atoms with Crippen molar-refractivity contribution in [3.8, 4) is 5.75 Å². The van der Waals surface area contributed by atoms with Gasteiger partial charge in [0, 0.05) is 32.1 Å². The van der Waals surface area contributed by atoms with Crippen molar-refractivity contribution in [3.63, 3.8) is 0 Å². The predicted octanol–water partition coefficient (Wildman–Crippen LogP) is 5.88. The largest absolute Gasteiger partial charge is 0.494 e. The highest BCUT2D eigenvalue weighted by Crippen LogP contribution is 2.28. The molecule has 0 saturated heterocycles. The summed E-state index contributed by atoms with van der Waals surface area (Å²) < 4.78 is 5.66. The molecule has 2 aromatic carbocycles. The first-order valence-electron chi connectivity index (χ1n) is 12.3. The summed E-state index contributed by atoms with van der Waals surface area (Å²) in [6, 6.07) is 17.1. The van der Waals surface area contributed by atoms with Gasteiger partial charge in [0.1, 0.15) is 11.6 Å². The number of hydrogen-bond donors (Lipinski definition) is 2. The van der Waals surface area contributed by atoms with Crippen LogP contribution in [0.25, 0.3) is 10.9 Å². The van der Waals surface area contributed by atoms with Crippen LogP contribution in [-0.4, -0.2) is 43.3 Å². The van der Waals surface area contributed by atoms with E-state index in [-0.39, 0.29) is 7.43 Å². The summed E-state index contributed by atoms with van der Waals surface area (Å²) in [7, 11) is 4.07. The number of nitrogens with one attached hydrogen (secondary N) is 2. The lowest BCUT2D eigenvalue weighted by atomic mass is 9.86. The van der Waals surface area contributed by atoms with Crippen molar-refractivity contribution < 1.29 is 4.74 Å². The molecule has 6 heteroatoms. The smallest absolute Gasteiger partial charge is 0.225 e. The Hall–Kier alpha value is -2.86. The standard InChI is InChI=1S/C27H37N5O.CH4/c1-4-17-33-23-15-11-21(12-16-23)19-28-18-20-9-13-22(14-10-20)29-27-30-25-8-6-5-7-24(25)26(31-27)32(2)3;/h5-8,11-12,15-16,20,22,28H,4,9-10,13-14,17-19H2,1-3H3,(H,29,30,31);1H4. The fraction of sp³-hybridized carbons (Fsp3) is 0.500. The molecule has 0 atom stereocenters. The average molecular weight is 464 g/mol. The second-order valence-corrected chi connectivity index (χ2v) is 9.27. The number of anilines is 2. The molecule has 0 unspecified atom stereocenters. The van der Waals surface area contributed by atoms with Gasteiger partial charge in [-0.15, -0.1) is 0 Å². The maximum Gasteiger partial charge on any atom is 0.225 e. The lowest BCUT2D eigenvalue weighted by Crippen LogP contribution is -2.31. The summed E-state index contributed by atoms with van der Waals surface area (Å²) in [6.45, 7) is 4.88. The zero-order chi connectivity index (χ0) is 23.0. The minimum atomic E-state index is 0. The highest BCUT2D eigenvalue weighted by atomic mass is 16.5. The Morgan fingerprint density at radius 2 is 1.71 bits per heavy atom. The van der Waals surface area contributed by atoms with Crippen molar-refractivity contribution in [2.45, 2.75) is 59.0 Å². The van der Waals surface area contributed by atoms with Gasteiger partial charge >= 0.3 is 0 Å². The van der Waals surface area contributed by atoms with Crippen LogP contribution in [0.1, 0.15) is 52.0 Å². The maximum atomic E-state index is 5.66. The molecule has 0 amide bonds. The monoisotopic (exact) mass is 463 g/mol. The van der Waals surface area contributed by atoms with E-state index in [4.69, 9.17) is 14.7 Å². The fourth-order valence-electron chi connectivity index (χ4n) is 4.50. The molecular weight excluding hydrogens is 422 g/mol. The van der Waals surface area contributed by atoms with E-state index in [1.807, 2.05) is 26.2 Å². The Morgan fingerprint density at radius 1 is 0.971 bits per heavy atom. The number of nitrogens with zero attached hydrogens (tertiary/aromatic N) is 3. The quantitative estimate of drug-likeness (QED) is 0.391. The van der Waals surface area contributed by atoms with Crippen LogP contribution in [-0.2, 0) is 6.54 Å². The number of aromatic nitrogens is 2. The summed E-state index contributed by atoms with van der Waals surface area (Å²) >= 11 is 0. The molecule has 0 radical (unpaired) electrons. The van der Waals surface area contributed by atoms with Gasteiger partial charge in [-0.25, -0.2) is 4.98 Å². The highest BCUT2D eigenvalue weighted by molar-refractivity contribution is 5.90. The third-order valence-corrected chi connectivity index (χ3v) is 6.35. The first kappa shape index (κ1) is 25.8. The van der Waals surface area contributed by atoms with Gasteiger partial charge in [-0.1, -0.05) is 38.6 Å². The van der Waals surface area contributed by atoms with Gasteiger partial charge in [0.25, 0.3) is 0 Å². The lowest BCUT2D eigenvalue weighted by Gasteiger charge is -2.29. The van der Waals surface area contributed by atoms with Gasteiger partial charge in [-0.05, 0) is 74.4 Å². The molecule has 0 aliphatic heterocycles. The first-order valence-corrected chi connectivity index (χ1v) is 12.3. The van der Waals surface area contributed by atoms with Crippen LogP contribution in [0, 0.1) is 5.92 Å². The molecule has 1 fully saturated rings. The number of fused-ring (bicyclic) bond motifs is 1. The van der Waals surface area contributed by atoms with Crippen molar-refractivity contribution in [2.24, 2.45) is 5.92 Å². The average Bonchev–Trinajstić information content (AvgIpc) is 2.84. The van der Waals surface area contributed by atoms with Gasteiger partial charge < -0.3 is 20.3 Å². The van der Waals surface area contributed by atoms with Crippen LogP contribution < -0.4 is 20.3 Å². The van der Waals surface area contributed by atoms with E-state index < -0.39 is 0 Å². The van der Waals surface area contributed by atoms with Crippen molar-refractivity contribution in [3.05, 3.63) is 54.1 Å². The SMILES string of the molecule is C.CCCOc1ccc(CNCC2CCC(Nc3nc(N(C)C)c4ccccc4n3)CC2)cc1. The Labute approximate surface area is 205 Å². The molecule has 4 rings (SSSR count). The molecule has 6 nitrogen and oxygen atoms in total. The highest BCUT2D eigenvalue weighted by Gasteiger charge is 2.22. The maximum absolute atomic E-state index is 5.66. The summed E-state index contributed by atoms with van der Waals surface area (Å²) in [6.07, 6.45) is 5.80. The van der Waals surface area contributed by atoms with Gasteiger partial charge in [-0.2, -0.15) is 4.98 Å². The van der Waals surface area contributed by atoms with Crippen molar-refractivity contribution in [1.82, 2.24) is 15.3 Å². The Bertz CT molecular complexity index is 1010. The zero-order valence-electron chi connectivity index (χ0n) is 20.2. The van der Waals surface area contributed by atoms with Crippen LogP contribution in [0.4, 0.5) is 11.8 Å². The third kappa shape index (κ3) is 6.83. The number of benzene rings is 2. The molecule has 34 heavy (non-hydrogen) atoms. The molecule has 3 aromatic rings. The summed E-state index contributed by atoms with van der Waals surface area (Å²) in [5, 5.41) is 8.35. The minimum Gasteiger partial charge on any atom is -0.494 e. The first-order chi connectivity index (χ1) is 16.1. The Morgan fingerprint density at radius 3 is 2.41 bits per heavy atom. The van der Waals surface area contributed by atoms with E-state index in [0.717, 1.165) is 73.3 Å². The summed E-state index contributed by atoms with van der Waals surface area (Å²) in [4.78, 5) is 11.6. The van der Waals surface area contributed by atoms with Crippen LogP contribution in [0.2, 0.25) is 0 Å². The molecule has 1 aromatic heterocycles. The molecule has 1 aliphatic carbocycles. The van der Waals surface area contributed by atoms with E-state index in [2.05, 4.69) is 58.9 Å². The molecule has 0 spiro atoms. The minimum absolute atomic E-state index is 0. The topological polar surface area (TPSA) is 62.3 Å². The zero-order valence-corrected chi connectivity index (χ0v) is 20.2. The third-order valence-electron chi connectivity index (χ3n) is 6.35. The summed E-state index contributed by atoms with van der Waals surface area (Å²) in [5.74, 6) is 3.39. The van der Waals surface area contributed by atoms with Gasteiger partial charge in [0.05, 0.1) is 12.1 Å². The van der Waals surface area contributed by atoms with E-state index in [1.54, 1.807) is 0 Å². The molecule has 184 valence electrons. The van der Waals surface area contributed by atoms with E-state index in [1.165, 1.54) is 18.4 Å².